The van der Waals surface area contributed by atoms with Crippen molar-refractivity contribution >= 4 is 12.0 Å². The molecule has 2 amide bonds. The molecule has 1 aliphatic rings. The fraction of sp³-hybridized carbons (Fsp3) is 0.643. The molecule has 2 rings (SSSR count). The number of halogens is 3. The van der Waals surface area contributed by atoms with Crippen LogP contribution in [0, 0.1) is 6.92 Å². The monoisotopic (exact) mass is 348 g/mol. The van der Waals surface area contributed by atoms with Crippen molar-refractivity contribution in [3.63, 3.8) is 0 Å². The molecule has 24 heavy (non-hydrogen) atoms. The van der Waals surface area contributed by atoms with Crippen LogP contribution in [0.1, 0.15) is 18.3 Å². The third-order valence-electron chi connectivity index (χ3n) is 3.64. The number of amides is 2. The number of aryl methyl sites for hydroxylation is 1. The normalized spacial score (nSPS) is 15.5. The summed E-state index contributed by atoms with van der Waals surface area (Å²) in [4.78, 5) is 26.7. The highest BCUT2D eigenvalue weighted by atomic mass is 19.4. The van der Waals surface area contributed by atoms with E-state index < -0.39 is 30.4 Å². The summed E-state index contributed by atoms with van der Waals surface area (Å²) < 4.78 is 44.3. The minimum absolute atomic E-state index is 0.197. The molecule has 7 nitrogen and oxygen atoms in total. The number of piperazine rings is 1. The number of ether oxygens (including phenoxy) is 1. The van der Waals surface area contributed by atoms with Crippen molar-refractivity contribution in [3.05, 3.63) is 17.5 Å². The van der Waals surface area contributed by atoms with E-state index in [1.54, 1.807) is 6.92 Å². The molecule has 0 atom stereocenters. The Labute approximate surface area is 137 Å². The van der Waals surface area contributed by atoms with Gasteiger partial charge >= 0.3 is 12.3 Å². The number of carbonyl (C=O) groups excluding carboxylic acids is 2. The predicted molar refractivity (Wildman–Crippen MR) is 77.1 cm³/mol. The van der Waals surface area contributed by atoms with E-state index in [0.717, 1.165) is 6.07 Å². The molecule has 0 aliphatic carbocycles. The predicted octanol–water partition coefficient (Wildman–Crippen LogP) is 1.51. The van der Waals surface area contributed by atoms with Crippen LogP contribution < -0.4 is 0 Å². The zero-order valence-electron chi connectivity index (χ0n) is 13.5. The number of carbonyl (C=O) groups is 2. The lowest BCUT2D eigenvalue weighted by Crippen LogP contribution is -2.51. The molecule has 0 spiro atoms. The van der Waals surface area contributed by atoms with Gasteiger partial charge in [0.15, 0.2) is 0 Å². The van der Waals surface area contributed by atoms with Gasteiger partial charge in [0.05, 0.1) is 12.3 Å². The van der Waals surface area contributed by atoms with Crippen LogP contribution in [-0.2, 0) is 22.3 Å². The molecular formula is C14H19F3N4O3. The first-order valence-corrected chi connectivity index (χ1v) is 7.53. The molecule has 1 saturated heterocycles. The van der Waals surface area contributed by atoms with Gasteiger partial charge in [-0.2, -0.15) is 18.3 Å². The summed E-state index contributed by atoms with van der Waals surface area (Å²) in [5, 5.41) is 3.74. The summed E-state index contributed by atoms with van der Waals surface area (Å²) in [5.41, 5.74) is -0.749. The van der Waals surface area contributed by atoms with E-state index in [1.807, 2.05) is 0 Å². The Morgan fingerprint density at radius 2 is 1.79 bits per heavy atom. The van der Waals surface area contributed by atoms with E-state index in [4.69, 9.17) is 4.74 Å². The summed E-state index contributed by atoms with van der Waals surface area (Å²) in [5.74, 6) is -0.466. The highest BCUT2D eigenvalue weighted by Crippen LogP contribution is 2.29. The number of nitrogens with zero attached hydrogens (tertiary/aromatic N) is 4. The number of rotatable bonds is 3. The average molecular weight is 348 g/mol. The van der Waals surface area contributed by atoms with Gasteiger partial charge in [-0.15, -0.1) is 0 Å². The second-order valence-electron chi connectivity index (χ2n) is 5.39. The molecule has 2 heterocycles. The van der Waals surface area contributed by atoms with E-state index in [2.05, 4.69) is 5.10 Å². The number of aromatic nitrogens is 2. The summed E-state index contributed by atoms with van der Waals surface area (Å²) in [6, 6.07) is 0.909. The molecule has 0 aromatic carbocycles. The van der Waals surface area contributed by atoms with Gasteiger partial charge in [0.1, 0.15) is 12.2 Å². The first-order valence-electron chi connectivity index (χ1n) is 7.53. The van der Waals surface area contributed by atoms with Crippen LogP contribution in [0.2, 0.25) is 0 Å². The SMILES string of the molecule is CCOC(=O)N1CCN(C(=O)Cn2nc(C)cc2C(F)(F)F)CC1. The molecule has 0 unspecified atom stereocenters. The Kier molecular flexibility index (Phi) is 5.35. The third kappa shape index (κ3) is 4.18. The van der Waals surface area contributed by atoms with Gasteiger partial charge in [0, 0.05) is 26.2 Å². The number of alkyl halides is 3. The van der Waals surface area contributed by atoms with Crippen LogP contribution in [0.3, 0.4) is 0 Å². The van der Waals surface area contributed by atoms with Crippen molar-refractivity contribution in [2.24, 2.45) is 0 Å². The Bertz CT molecular complexity index is 607. The largest absolute Gasteiger partial charge is 0.450 e. The highest BCUT2D eigenvalue weighted by molar-refractivity contribution is 5.76. The summed E-state index contributed by atoms with van der Waals surface area (Å²) >= 11 is 0. The first kappa shape index (κ1) is 18.1. The minimum Gasteiger partial charge on any atom is -0.450 e. The fourth-order valence-electron chi connectivity index (χ4n) is 2.48. The van der Waals surface area contributed by atoms with Crippen LogP contribution in [0.25, 0.3) is 0 Å². The van der Waals surface area contributed by atoms with Crippen molar-refractivity contribution in [1.29, 1.82) is 0 Å². The molecule has 0 bridgehead atoms. The van der Waals surface area contributed by atoms with Crippen molar-refractivity contribution in [1.82, 2.24) is 19.6 Å². The molecule has 1 fully saturated rings. The highest BCUT2D eigenvalue weighted by Gasteiger charge is 2.36. The van der Waals surface area contributed by atoms with E-state index >= 15 is 0 Å². The number of hydrogen-bond acceptors (Lipinski definition) is 4. The van der Waals surface area contributed by atoms with E-state index in [1.165, 1.54) is 16.7 Å². The molecule has 1 aromatic heterocycles. The zero-order chi connectivity index (χ0) is 17.9. The maximum Gasteiger partial charge on any atom is 0.433 e. The molecular weight excluding hydrogens is 329 g/mol. The van der Waals surface area contributed by atoms with Crippen molar-refractivity contribution in [2.75, 3.05) is 32.8 Å². The molecule has 0 radical (unpaired) electrons. The third-order valence-corrected chi connectivity index (χ3v) is 3.64. The zero-order valence-corrected chi connectivity index (χ0v) is 13.5. The Morgan fingerprint density at radius 1 is 1.21 bits per heavy atom. The van der Waals surface area contributed by atoms with Crippen molar-refractivity contribution in [3.8, 4) is 0 Å². The molecule has 134 valence electrons. The number of hydrogen-bond donors (Lipinski definition) is 0. The summed E-state index contributed by atoms with van der Waals surface area (Å²) in [7, 11) is 0. The molecule has 0 saturated carbocycles. The summed E-state index contributed by atoms with van der Waals surface area (Å²) in [6.45, 7) is 3.98. The second-order valence-corrected chi connectivity index (χ2v) is 5.39. The Balaban J connectivity index is 1.96. The van der Waals surface area contributed by atoms with Crippen molar-refractivity contribution in [2.45, 2.75) is 26.6 Å². The lowest BCUT2D eigenvalue weighted by molar-refractivity contribution is -0.146. The lowest BCUT2D eigenvalue weighted by atomic mass is 10.3. The van der Waals surface area contributed by atoms with E-state index in [0.29, 0.717) is 4.68 Å². The van der Waals surface area contributed by atoms with Gasteiger partial charge in [0.25, 0.3) is 0 Å². The molecule has 10 heteroatoms. The first-order chi connectivity index (χ1) is 11.2. The molecule has 1 aliphatic heterocycles. The topological polar surface area (TPSA) is 67.7 Å². The maximum absolute atomic E-state index is 12.9. The van der Waals surface area contributed by atoms with Crippen LogP contribution >= 0.6 is 0 Å². The minimum atomic E-state index is -4.57. The quantitative estimate of drug-likeness (QED) is 0.830. The van der Waals surface area contributed by atoms with Crippen LogP contribution in [0.5, 0.6) is 0 Å². The van der Waals surface area contributed by atoms with Crippen LogP contribution in [-0.4, -0.2) is 64.4 Å². The van der Waals surface area contributed by atoms with Gasteiger partial charge in [-0.05, 0) is 19.9 Å². The van der Waals surface area contributed by atoms with Gasteiger partial charge in [-0.25, -0.2) is 4.79 Å². The second kappa shape index (κ2) is 7.10. The molecule has 0 N–H and O–H groups in total. The van der Waals surface area contributed by atoms with E-state index in [9.17, 15) is 22.8 Å². The maximum atomic E-state index is 12.9. The summed E-state index contributed by atoms with van der Waals surface area (Å²) in [6.07, 6.45) is -5.02. The standard InChI is InChI=1S/C14H19F3N4O3/c1-3-24-13(23)20-6-4-19(5-7-20)12(22)9-21-11(14(15,16)17)8-10(2)18-21/h8H,3-7,9H2,1-2H3. The van der Waals surface area contributed by atoms with Crippen molar-refractivity contribution < 1.29 is 27.5 Å². The average Bonchev–Trinajstić information content (AvgIpc) is 2.88. The van der Waals surface area contributed by atoms with Crippen LogP contribution in [0.15, 0.2) is 6.07 Å². The van der Waals surface area contributed by atoms with Crippen LogP contribution in [0.4, 0.5) is 18.0 Å². The van der Waals surface area contributed by atoms with Gasteiger partial charge in [-0.3, -0.25) is 9.48 Å². The lowest BCUT2D eigenvalue weighted by Gasteiger charge is -2.34. The van der Waals surface area contributed by atoms with Gasteiger partial charge in [0.2, 0.25) is 5.91 Å². The van der Waals surface area contributed by atoms with Gasteiger partial charge < -0.3 is 14.5 Å². The van der Waals surface area contributed by atoms with Gasteiger partial charge in [-0.1, -0.05) is 0 Å². The Hall–Kier alpha value is -2.26. The smallest absolute Gasteiger partial charge is 0.433 e. The van der Waals surface area contributed by atoms with E-state index in [-0.39, 0.29) is 38.5 Å². The fourth-order valence-corrected chi connectivity index (χ4v) is 2.48. The molecule has 1 aromatic rings. The Morgan fingerprint density at radius 3 is 2.33 bits per heavy atom.